The molecule has 110 valence electrons. The summed E-state index contributed by atoms with van der Waals surface area (Å²) in [7, 11) is 0. The normalized spacial score (nSPS) is 18.3. The first kappa shape index (κ1) is 15.1. The summed E-state index contributed by atoms with van der Waals surface area (Å²) in [6, 6.07) is 8.04. The first-order valence-corrected chi connectivity index (χ1v) is 7.44. The Kier molecular flexibility index (Phi) is 5.68. The zero-order valence-corrected chi connectivity index (χ0v) is 12.5. The predicted octanol–water partition coefficient (Wildman–Crippen LogP) is 2.46. The van der Waals surface area contributed by atoms with E-state index in [1.807, 2.05) is 31.2 Å². The van der Waals surface area contributed by atoms with Crippen molar-refractivity contribution >= 4 is 23.2 Å². The van der Waals surface area contributed by atoms with Crippen LogP contribution in [-0.4, -0.2) is 38.3 Å². The van der Waals surface area contributed by atoms with Crippen LogP contribution in [0.4, 0.5) is 5.69 Å². The molecular formula is C15H21ClN2O2. The Morgan fingerprint density at radius 1 is 1.45 bits per heavy atom. The number of ether oxygens (including phenoxy) is 1. The minimum atomic E-state index is 0.0707. The molecule has 1 unspecified atom stereocenters. The molecule has 1 aliphatic rings. The lowest BCUT2D eigenvalue weighted by Gasteiger charge is -2.19. The summed E-state index contributed by atoms with van der Waals surface area (Å²) < 4.78 is 5.19. The van der Waals surface area contributed by atoms with Crippen LogP contribution in [0.15, 0.2) is 24.3 Å². The largest absolute Gasteiger partial charge is 0.381 e. The van der Waals surface area contributed by atoms with E-state index in [1.165, 1.54) is 0 Å². The van der Waals surface area contributed by atoms with Crippen LogP contribution in [0.5, 0.6) is 0 Å². The van der Waals surface area contributed by atoms with Gasteiger partial charge in [-0.2, -0.15) is 0 Å². The molecule has 20 heavy (non-hydrogen) atoms. The molecule has 5 heteroatoms. The molecule has 0 radical (unpaired) electrons. The minimum absolute atomic E-state index is 0.0707. The topological polar surface area (TPSA) is 41.6 Å². The van der Waals surface area contributed by atoms with Crippen LogP contribution in [0.25, 0.3) is 0 Å². The van der Waals surface area contributed by atoms with Crippen molar-refractivity contribution in [3.05, 3.63) is 29.3 Å². The van der Waals surface area contributed by atoms with Crippen molar-refractivity contribution in [2.24, 2.45) is 0 Å². The fourth-order valence-corrected chi connectivity index (χ4v) is 2.50. The summed E-state index contributed by atoms with van der Waals surface area (Å²) in [5.41, 5.74) is 1.15. The zero-order chi connectivity index (χ0) is 14.4. The molecule has 2 rings (SSSR count). The average molecular weight is 297 g/mol. The summed E-state index contributed by atoms with van der Waals surface area (Å²) in [5, 5.41) is 3.81. The van der Waals surface area contributed by atoms with Gasteiger partial charge >= 0.3 is 0 Å². The minimum Gasteiger partial charge on any atom is -0.381 e. The van der Waals surface area contributed by atoms with E-state index < -0.39 is 0 Å². The summed E-state index contributed by atoms with van der Waals surface area (Å²) in [6.45, 7) is 4.88. The van der Waals surface area contributed by atoms with Gasteiger partial charge in [0.2, 0.25) is 5.91 Å². The second kappa shape index (κ2) is 7.50. The van der Waals surface area contributed by atoms with E-state index in [2.05, 4.69) is 10.2 Å². The highest BCUT2D eigenvalue weighted by atomic mass is 35.5. The molecule has 1 N–H and O–H groups in total. The Hall–Kier alpha value is -1.26. The third kappa shape index (κ3) is 4.39. The number of hydrogen-bond donors (Lipinski definition) is 1. The van der Waals surface area contributed by atoms with Crippen LogP contribution in [0.2, 0.25) is 5.02 Å². The smallest absolute Gasteiger partial charge is 0.222 e. The van der Waals surface area contributed by atoms with Crippen molar-refractivity contribution in [3.8, 4) is 0 Å². The number of amides is 1. The average Bonchev–Trinajstić information content (AvgIpc) is 2.88. The Balaban J connectivity index is 1.77. The van der Waals surface area contributed by atoms with E-state index >= 15 is 0 Å². The first-order valence-electron chi connectivity index (χ1n) is 7.06. The van der Waals surface area contributed by atoms with Crippen LogP contribution in [-0.2, 0) is 9.53 Å². The molecule has 0 aliphatic carbocycles. The van der Waals surface area contributed by atoms with Gasteiger partial charge in [-0.1, -0.05) is 11.6 Å². The highest BCUT2D eigenvalue weighted by Gasteiger charge is 2.23. The Morgan fingerprint density at radius 3 is 2.90 bits per heavy atom. The van der Waals surface area contributed by atoms with E-state index in [-0.39, 0.29) is 11.9 Å². The van der Waals surface area contributed by atoms with Gasteiger partial charge in [0.1, 0.15) is 0 Å². The van der Waals surface area contributed by atoms with Gasteiger partial charge in [-0.05, 0) is 37.6 Å². The van der Waals surface area contributed by atoms with Gasteiger partial charge in [0, 0.05) is 42.9 Å². The number of rotatable bonds is 6. The second-order valence-electron chi connectivity index (χ2n) is 4.92. The van der Waals surface area contributed by atoms with Crippen molar-refractivity contribution in [1.29, 1.82) is 0 Å². The van der Waals surface area contributed by atoms with Crippen LogP contribution in [0, 0.1) is 0 Å². The van der Waals surface area contributed by atoms with E-state index in [4.69, 9.17) is 16.3 Å². The number of carbonyl (C=O) groups excluding carboxylic acids is 1. The summed E-state index contributed by atoms with van der Waals surface area (Å²) in [4.78, 5) is 14.0. The van der Waals surface area contributed by atoms with E-state index in [0.29, 0.717) is 19.6 Å². The molecule has 1 heterocycles. The summed E-state index contributed by atoms with van der Waals surface area (Å²) in [6.07, 6.45) is 1.41. The number of anilines is 1. The number of carbonyl (C=O) groups is 1. The number of halogens is 1. The molecule has 0 aromatic heterocycles. The Morgan fingerprint density at radius 2 is 2.20 bits per heavy atom. The number of hydrogen-bond acceptors (Lipinski definition) is 3. The highest BCUT2D eigenvalue weighted by Crippen LogP contribution is 2.22. The van der Waals surface area contributed by atoms with Crippen molar-refractivity contribution in [2.75, 3.05) is 31.2 Å². The van der Waals surface area contributed by atoms with Gasteiger partial charge < -0.3 is 15.0 Å². The van der Waals surface area contributed by atoms with Gasteiger partial charge in [-0.15, -0.1) is 0 Å². The highest BCUT2D eigenvalue weighted by molar-refractivity contribution is 6.30. The molecule has 1 aliphatic heterocycles. The quantitative estimate of drug-likeness (QED) is 0.820. The number of nitrogens with zero attached hydrogens (tertiary/aromatic N) is 1. The molecule has 0 bridgehead atoms. The maximum Gasteiger partial charge on any atom is 0.222 e. The molecule has 0 saturated carbocycles. The van der Waals surface area contributed by atoms with Gasteiger partial charge in [0.15, 0.2) is 0 Å². The van der Waals surface area contributed by atoms with E-state index in [0.717, 1.165) is 30.2 Å². The van der Waals surface area contributed by atoms with Crippen LogP contribution in [0.1, 0.15) is 19.8 Å². The van der Waals surface area contributed by atoms with Crippen LogP contribution in [0.3, 0.4) is 0 Å². The molecule has 0 spiro atoms. The van der Waals surface area contributed by atoms with Crippen LogP contribution >= 0.6 is 11.6 Å². The molecule has 1 aromatic rings. The third-order valence-corrected chi connectivity index (χ3v) is 3.67. The number of nitrogens with one attached hydrogen (secondary N) is 1. The van der Waals surface area contributed by atoms with Gasteiger partial charge in [0.05, 0.1) is 6.61 Å². The fourth-order valence-electron chi connectivity index (χ4n) is 2.37. The van der Waals surface area contributed by atoms with Gasteiger partial charge in [-0.3, -0.25) is 4.79 Å². The molecule has 1 fully saturated rings. The second-order valence-corrected chi connectivity index (χ2v) is 5.36. The maximum atomic E-state index is 11.7. The lowest BCUT2D eigenvalue weighted by molar-refractivity contribution is -0.122. The molecule has 4 nitrogen and oxygen atoms in total. The Labute approximate surface area is 125 Å². The van der Waals surface area contributed by atoms with E-state index in [1.54, 1.807) is 0 Å². The lowest BCUT2D eigenvalue weighted by atomic mass is 10.2. The molecule has 1 atom stereocenters. The molecule has 1 saturated heterocycles. The van der Waals surface area contributed by atoms with Crippen molar-refractivity contribution < 1.29 is 9.53 Å². The number of benzene rings is 1. The summed E-state index contributed by atoms with van der Waals surface area (Å²) >= 11 is 5.89. The van der Waals surface area contributed by atoms with Crippen molar-refractivity contribution in [1.82, 2.24) is 5.32 Å². The molecule has 1 amide bonds. The molecular weight excluding hydrogens is 276 g/mol. The third-order valence-electron chi connectivity index (χ3n) is 3.42. The monoisotopic (exact) mass is 296 g/mol. The van der Waals surface area contributed by atoms with Crippen LogP contribution < -0.4 is 10.2 Å². The zero-order valence-electron chi connectivity index (χ0n) is 11.8. The fraction of sp³-hybridized carbons (Fsp3) is 0.533. The first-order chi connectivity index (χ1) is 9.69. The van der Waals surface area contributed by atoms with Crippen molar-refractivity contribution in [3.63, 3.8) is 0 Å². The maximum absolute atomic E-state index is 11.7. The molecule has 1 aromatic carbocycles. The predicted molar refractivity (Wildman–Crippen MR) is 81.3 cm³/mol. The van der Waals surface area contributed by atoms with Gasteiger partial charge in [0.25, 0.3) is 0 Å². The SMILES string of the molecule is CCOCCC(=O)NC1CCN(c2ccc(Cl)cc2)C1. The standard InChI is InChI=1S/C15H21ClN2O2/c1-2-20-10-8-15(19)17-13-7-9-18(11-13)14-5-3-12(16)4-6-14/h3-6,13H,2,7-11H2,1H3,(H,17,19). The lowest BCUT2D eigenvalue weighted by Crippen LogP contribution is -2.37. The van der Waals surface area contributed by atoms with Crippen molar-refractivity contribution in [2.45, 2.75) is 25.8 Å². The Bertz CT molecular complexity index is 436. The summed E-state index contributed by atoms with van der Waals surface area (Å²) in [5.74, 6) is 0.0707. The van der Waals surface area contributed by atoms with E-state index in [9.17, 15) is 4.79 Å². The van der Waals surface area contributed by atoms with Gasteiger partial charge in [-0.25, -0.2) is 0 Å².